The maximum Gasteiger partial charge on any atom is 0.410 e. The van der Waals surface area contributed by atoms with E-state index in [0.717, 1.165) is 19.5 Å². The van der Waals surface area contributed by atoms with Gasteiger partial charge in [-0.1, -0.05) is 0 Å². The predicted molar refractivity (Wildman–Crippen MR) is 109 cm³/mol. The minimum atomic E-state index is -3.19. The van der Waals surface area contributed by atoms with Crippen LogP contribution in [0, 0.1) is 0 Å². The third kappa shape index (κ3) is 6.98. The molecule has 0 N–H and O–H groups in total. The van der Waals surface area contributed by atoms with Gasteiger partial charge in [0.15, 0.2) is 9.84 Å². The van der Waals surface area contributed by atoms with E-state index in [0.29, 0.717) is 31.5 Å². The van der Waals surface area contributed by atoms with Crippen molar-refractivity contribution in [2.24, 2.45) is 0 Å². The molecule has 8 heteroatoms. The number of piperazine rings is 1. The molecule has 1 aliphatic rings. The van der Waals surface area contributed by atoms with Crippen molar-refractivity contribution in [1.29, 1.82) is 0 Å². The Morgan fingerprint density at radius 3 is 2.18 bits per heavy atom. The van der Waals surface area contributed by atoms with Gasteiger partial charge >= 0.3 is 6.09 Å². The van der Waals surface area contributed by atoms with Crippen LogP contribution < -0.4 is 4.74 Å². The third-order valence-corrected chi connectivity index (χ3v) is 5.77. The molecule has 0 radical (unpaired) electrons. The summed E-state index contributed by atoms with van der Waals surface area (Å²) in [5.74, 6) is 0.661. The van der Waals surface area contributed by atoms with Gasteiger partial charge in [0.25, 0.3) is 0 Å². The maximum atomic E-state index is 12.1. The zero-order valence-corrected chi connectivity index (χ0v) is 18.3. The fourth-order valence-electron chi connectivity index (χ4n) is 2.98. The van der Waals surface area contributed by atoms with Crippen LogP contribution in [-0.4, -0.2) is 75.0 Å². The Morgan fingerprint density at radius 2 is 1.68 bits per heavy atom. The molecule has 1 heterocycles. The first-order chi connectivity index (χ1) is 13.0. The standard InChI is InChI=1S/C20H32N2O5S/c1-16(10-15-26-17-6-8-18(9-7-17)28(5,24)25)21-11-13-22(14-12-21)19(23)27-20(2,3)4/h6-9,16H,10-15H2,1-5H3. The Kier molecular flexibility index (Phi) is 7.33. The zero-order valence-electron chi connectivity index (χ0n) is 17.5. The summed E-state index contributed by atoms with van der Waals surface area (Å²) >= 11 is 0. The highest BCUT2D eigenvalue weighted by atomic mass is 32.2. The van der Waals surface area contributed by atoms with E-state index in [1.807, 2.05) is 20.8 Å². The first-order valence-electron chi connectivity index (χ1n) is 9.60. The first-order valence-corrected chi connectivity index (χ1v) is 11.5. The van der Waals surface area contributed by atoms with Crippen LogP contribution in [0.4, 0.5) is 4.79 Å². The summed E-state index contributed by atoms with van der Waals surface area (Å²) in [6.07, 6.45) is 1.79. The van der Waals surface area contributed by atoms with Gasteiger partial charge < -0.3 is 14.4 Å². The molecule has 0 aromatic heterocycles. The monoisotopic (exact) mass is 412 g/mol. The van der Waals surface area contributed by atoms with Crippen LogP contribution in [0.3, 0.4) is 0 Å². The Morgan fingerprint density at radius 1 is 1.11 bits per heavy atom. The van der Waals surface area contributed by atoms with Crippen molar-refractivity contribution in [3.8, 4) is 5.75 Å². The van der Waals surface area contributed by atoms with Crippen LogP contribution in [0.25, 0.3) is 0 Å². The highest BCUT2D eigenvalue weighted by Crippen LogP contribution is 2.17. The number of ether oxygens (including phenoxy) is 2. The molecular formula is C20H32N2O5S. The van der Waals surface area contributed by atoms with E-state index in [1.165, 1.54) is 6.26 Å². The predicted octanol–water partition coefficient (Wildman–Crippen LogP) is 2.80. The Balaban J connectivity index is 1.73. The van der Waals surface area contributed by atoms with E-state index in [-0.39, 0.29) is 11.0 Å². The lowest BCUT2D eigenvalue weighted by molar-refractivity contribution is 0.0101. The molecule has 0 bridgehead atoms. The summed E-state index contributed by atoms with van der Waals surface area (Å²) in [6.45, 7) is 11.3. The molecule has 1 amide bonds. The third-order valence-electron chi connectivity index (χ3n) is 4.65. The Hall–Kier alpha value is -1.80. The van der Waals surface area contributed by atoms with Gasteiger partial charge in [-0.3, -0.25) is 4.90 Å². The van der Waals surface area contributed by atoms with Gasteiger partial charge in [0.2, 0.25) is 0 Å². The normalized spacial score (nSPS) is 17.2. The molecule has 0 aliphatic carbocycles. The van der Waals surface area contributed by atoms with Gasteiger partial charge in [0, 0.05) is 38.5 Å². The van der Waals surface area contributed by atoms with Crippen LogP contribution in [0.1, 0.15) is 34.1 Å². The van der Waals surface area contributed by atoms with Crippen molar-refractivity contribution in [1.82, 2.24) is 9.80 Å². The van der Waals surface area contributed by atoms with Crippen molar-refractivity contribution in [3.63, 3.8) is 0 Å². The van der Waals surface area contributed by atoms with Crippen LogP contribution >= 0.6 is 0 Å². The molecule has 1 aromatic carbocycles. The number of hydrogen-bond donors (Lipinski definition) is 0. The molecule has 1 saturated heterocycles. The number of benzene rings is 1. The van der Waals surface area contributed by atoms with Crippen molar-refractivity contribution < 1.29 is 22.7 Å². The van der Waals surface area contributed by atoms with Gasteiger partial charge in [-0.25, -0.2) is 13.2 Å². The zero-order chi connectivity index (χ0) is 20.9. The van der Waals surface area contributed by atoms with E-state index < -0.39 is 15.4 Å². The summed E-state index contributed by atoms with van der Waals surface area (Å²) in [7, 11) is -3.19. The number of carbonyl (C=O) groups excluding carboxylic acids is 1. The SMILES string of the molecule is CC(CCOc1ccc(S(C)(=O)=O)cc1)N1CCN(C(=O)OC(C)(C)C)CC1. The van der Waals surface area contributed by atoms with Crippen LogP contribution in [0.15, 0.2) is 29.2 Å². The summed E-state index contributed by atoms with van der Waals surface area (Å²) < 4.78 is 34.1. The number of hydrogen-bond acceptors (Lipinski definition) is 6. The van der Waals surface area contributed by atoms with Crippen molar-refractivity contribution in [2.75, 3.05) is 39.0 Å². The number of amides is 1. The molecular weight excluding hydrogens is 380 g/mol. The van der Waals surface area contributed by atoms with E-state index in [2.05, 4.69) is 11.8 Å². The smallest absolute Gasteiger partial charge is 0.410 e. The fourth-order valence-corrected chi connectivity index (χ4v) is 3.62. The van der Waals surface area contributed by atoms with Crippen molar-refractivity contribution >= 4 is 15.9 Å². The average molecular weight is 413 g/mol. The minimum Gasteiger partial charge on any atom is -0.494 e. The maximum absolute atomic E-state index is 12.1. The summed E-state index contributed by atoms with van der Waals surface area (Å²) in [5.41, 5.74) is -0.474. The number of rotatable bonds is 6. The van der Waals surface area contributed by atoms with E-state index >= 15 is 0 Å². The topological polar surface area (TPSA) is 76.2 Å². The highest BCUT2D eigenvalue weighted by molar-refractivity contribution is 7.90. The van der Waals surface area contributed by atoms with Crippen molar-refractivity contribution in [3.05, 3.63) is 24.3 Å². The average Bonchev–Trinajstić information content (AvgIpc) is 2.60. The molecule has 1 unspecified atom stereocenters. The summed E-state index contributed by atoms with van der Waals surface area (Å²) in [4.78, 5) is 16.5. The molecule has 1 aliphatic heterocycles. The second-order valence-electron chi connectivity index (χ2n) is 8.23. The molecule has 158 valence electrons. The van der Waals surface area contributed by atoms with Crippen LogP contribution in [0.2, 0.25) is 0 Å². The van der Waals surface area contributed by atoms with Gasteiger partial charge in [-0.2, -0.15) is 0 Å². The minimum absolute atomic E-state index is 0.249. The van der Waals surface area contributed by atoms with Crippen molar-refractivity contribution in [2.45, 2.75) is 50.7 Å². The Bertz CT molecular complexity index is 748. The van der Waals surface area contributed by atoms with Gasteiger partial charge in [0.1, 0.15) is 11.4 Å². The molecule has 28 heavy (non-hydrogen) atoms. The van der Waals surface area contributed by atoms with Gasteiger partial charge in [0.05, 0.1) is 11.5 Å². The molecule has 1 fully saturated rings. The lowest BCUT2D eigenvalue weighted by atomic mass is 10.2. The lowest BCUT2D eigenvalue weighted by Crippen LogP contribution is -2.52. The van der Waals surface area contributed by atoms with E-state index in [9.17, 15) is 13.2 Å². The second-order valence-corrected chi connectivity index (χ2v) is 10.2. The molecule has 1 aromatic rings. The number of carbonyl (C=O) groups is 1. The van der Waals surface area contributed by atoms with Crippen LogP contribution in [-0.2, 0) is 14.6 Å². The first kappa shape index (κ1) is 22.5. The van der Waals surface area contributed by atoms with Gasteiger partial charge in [-0.05, 0) is 58.4 Å². The highest BCUT2D eigenvalue weighted by Gasteiger charge is 2.27. The molecule has 7 nitrogen and oxygen atoms in total. The van der Waals surface area contributed by atoms with Crippen LogP contribution in [0.5, 0.6) is 5.75 Å². The van der Waals surface area contributed by atoms with E-state index in [4.69, 9.17) is 9.47 Å². The van der Waals surface area contributed by atoms with E-state index in [1.54, 1.807) is 29.2 Å². The Labute approximate surface area is 168 Å². The summed E-state index contributed by atoms with van der Waals surface area (Å²) in [6, 6.07) is 6.81. The molecule has 2 rings (SSSR count). The molecule has 1 atom stereocenters. The second kappa shape index (κ2) is 9.13. The molecule has 0 spiro atoms. The quantitative estimate of drug-likeness (QED) is 0.715. The number of nitrogens with zero attached hydrogens (tertiary/aromatic N) is 2. The number of sulfone groups is 1. The van der Waals surface area contributed by atoms with Gasteiger partial charge in [-0.15, -0.1) is 0 Å². The fraction of sp³-hybridized carbons (Fsp3) is 0.650. The lowest BCUT2D eigenvalue weighted by Gasteiger charge is -2.38. The largest absolute Gasteiger partial charge is 0.494 e. The summed E-state index contributed by atoms with van der Waals surface area (Å²) in [5, 5.41) is 0. The molecule has 0 saturated carbocycles.